The minimum absolute atomic E-state index is 0.103. The molecule has 0 bridgehead atoms. The first-order valence-electron chi connectivity index (χ1n) is 6.21. The predicted octanol–water partition coefficient (Wildman–Crippen LogP) is 3.48. The van der Waals surface area contributed by atoms with Crippen LogP contribution in [0.15, 0.2) is 22.7 Å². The number of carbonyl (C=O) groups excluding carboxylic acids is 1. The van der Waals surface area contributed by atoms with Gasteiger partial charge in [0.15, 0.2) is 0 Å². The van der Waals surface area contributed by atoms with Crippen LogP contribution in [0.1, 0.15) is 19.3 Å². The monoisotopic (exact) mass is 360 g/mol. The molecule has 1 aliphatic rings. The third-order valence-corrected chi connectivity index (χ3v) is 4.22. The van der Waals surface area contributed by atoms with Gasteiger partial charge in [0.2, 0.25) is 0 Å². The second kappa shape index (κ2) is 6.45. The Hall–Kier alpha value is -1.27. The first-order chi connectivity index (χ1) is 9.45. The fraction of sp³-hybridized carbons (Fsp3) is 0.385. The maximum absolute atomic E-state index is 11.9. The molecule has 7 heteroatoms. The highest BCUT2D eigenvalue weighted by Crippen LogP contribution is 2.27. The third-order valence-electron chi connectivity index (χ3n) is 3.29. The average molecular weight is 362 g/mol. The van der Waals surface area contributed by atoms with Gasteiger partial charge < -0.3 is 15.7 Å². The topological polar surface area (TPSA) is 78.4 Å². The van der Waals surface area contributed by atoms with E-state index in [2.05, 4.69) is 26.6 Å². The Balaban J connectivity index is 1.90. The highest BCUT2D eigenvalue weighted by molar-refractivity contribution is 9.10. The van der Waals surface area contributed by atoms with Crippen molar-refractivity contribution in [3.8, 4) is 0 Å². The van der Waals surface area contributed by atoms with E-state index in [-0.39, 0.29) is 18.0 Å². The first-order valence-corrected chi connectivity index (χ1v) is 7.38. The molecule has 0 saturated heterocycles. The van der Waals surface area contributed by atoms with Crippen molar-refractivity contribution < 1.29 is 14.7 Å². The Morgan fingerprint density at radius 2 is 2.10 bits per heavy atom. The lowest BCUT2D eigenvalue weighted by Crippen LogP contribution is -2.36. The summed E-state index contributed by atoms with van der Waals surface area (Å²) in [7, 11) is 0. The number of urea groups is 1. The van der Waals surface area contributed by atoms with Crippen molar-refractivity contribution in [3.63, 3.8) is 0 Å². The van der Waals surface area contributed by atoms with E-state index >= 15 is 0 Å². The molecule has 108 valence electrons. The van der Waals surface area contributed by atoms with Crippen LogP contribution in [0.5, 0.6) is 0 Å². The van der Waals surface area contributed by atoms with E-state index in [1.807, 2.05) is 0 Å². The Morgan fingerprint density at radius 3 is 2.75 bits per heavy atom. The van der Waals surface area contributed by atoms with E-state index in [1.165, 1.54) is 0 Å². The molecule has 0 aliphatic heterocycles. The van der Waals surface area contributed by atoms with Crippen molar-refractivity contribution in [2.45, 2.75) is 25.3 Å². The second-order valence-electron chi connectivity index (χ2n) is 4.77. The molecule has 2 rings (SSSR count). The minimum atomic E-state index is -0.799. The highest BCUT2D eigenvalue weighted by Gasteiger charge is 2.30. The van der Waals surface area contributed by atoms with E-state index in [9.17, 15) is 9.59 Å². The maximum atomic E-state index is 11.9. The van der Waals surface area contributed by atoms with Crippen molar-refractivity contribution >= 4 is 45.2 Å². The van der Waals surface area contributed by atoms with Gasteiger partial charge in [0.1, 0.15) is 0 Å². The smallest absolute Gasteiger partial charge is 0.319 e. The zero-order chi connectivity index (χ0) is 14.7. The third kappa shape index (κ3) is 3.86. The molecular formula is C13H14BrClN2O3. The molecule has 3 N–H and O–H groups in total. The lowest BCUT2D eigenvalue weighted by molar-refractivity contribution is -0.141. The number of carboxylic acids is 1. The van der Waals surface area contributed by atoms with E-state index in [0.717, 1.165) is 4.47 Å². The minimum Gasteiger partial charge on any atom is -0.481 e. The van der Waals surface area contributed by atoms with Crippen molar-refractivity contribution in [3.05, 3.63) is 27.7 Å². The number of nitrogens with one attached hydrogen (secondary N) is 2. The van der Waals surface area contributed by atoms with Gasteiger partial charge in [-0.05, 0) is 53.4 Å². The summed E-state index contributed by atoms with van der Waals surface area (Å²) in [6.07, 6.45) is 1.75. The van der Waals surface area contributed by atoms with Crippen LogP contribution in [-0.2, 0) is 4.79 Å². The van der Waals surface area contributed by atoms with Gasteiger partial charge >= 0.3 is 12.0 Å². The van der Waals surface area contributed by atoms with Gasteiger partial charge in [0.05, 0.1) is 11.6 Å². The summed E-state index contributed by atoms with van der Waals surface area (Å²) in [5, 5.41) is 14.9. The summed E-state index contributed by atoms with van der Waals surface area (Å²) in [5.74, 6) is -1.16. The quantitative estimate of drug-likeness (QED) is 0.771. The number of carboxylic acid groups (broad SMARTS) is 1. The SMILES string of the molecule is O=C(Nc1cc(Cl)ccc1Br)NC1CCC(C(=O)O)C1. The molecule has 5 nitrogen and oxygen atoms in total. The maximum Gasteiger partial charge on any atom is 0.319 e. The molecule has 2 unspecified atom stereocenters. The number of anilines is 1. The largest absolute Gasteiger partial charge is 0.481 e. The number of benzene rings is 1. The Bertz CT molecular complexity index is 538. The average Bonchev–Trinajstić information content (AvgIpc) is 2.82. The molecular weight excluding hydrogens is 348 g/mol. The summed E-state index contributed by atoms with van der Waals surface area (Å²) in [5.41, 5.74) is 0.572. The molecule has 20 heavy (non-hydrogen) atoms. The molecule has 2 amide bonds. The summed E-state index contributed by atoms with van der Waals surface area (Å²) in [6, 6.07) is 4.63. The lowest BCUT2D eigenvalue weighted by Gasteiger charge is -2.14. The van der Waals surface area contributed by atoms with Gasteiger partial charge in [-0.1, -0.05) is 11.6 Å². The number of amides is 2. The van der Waals surface area contributed by atoms with Gasteiger partial charge in [0, 0.05) is 15.5 Å². The standard InChI is InChI=1S/C13H14BrClN2O3/c14-10-4-2-8(15)6-11(10)17-13(20)16-9-3-1-7(5-9)12(18)19/h2,4,6-7,9H,1,3,5H2,(H,18,19)(H2,16,17,20). The summed E-state index contributed by atoms with van der Waals surface area (Å²) in [4.78, 5) is 22.7. The zero-order valence-electron chi connectivity index (χ0n) is 10.5. The fourth-order valence-electron chi connectivity index (χ4n) is 2.27. The zero-order valence-corrected chi connectivity index (χ0v) is 12.9. The fourth-order valence-corrected chi connectivity index (χ4v) is 2.79. The van der Waals surface area contributed by atoms with Crippen LogP contribution in [0.2, 0.25) is 5.02 Å². The van der Waals surface area contributed by atoms with Gasteiger partial charge in [-0.3, -0.25) is 4.79 Å². The molecule has 0 heterocycles. The van der Waals surface area contributed by atoms with E-state index in [0.29, 0.717) is 30.0 Å². The van der Waals surface area contributed by atoms with Crippen LogP contribution >= 0.6 is 27.5 Å². The van der Waals surface area contributed by atoms with Crippen LogP contribution in [0.25, 0.3) is 0 Å². The van der Waals surface area contributed by atoms with E-state index < -0.39 is 5.97 Å². The van der Waals surface area contributed by atoms with Crippen LogP contribution < -0.4 is 10.6 Å². The Labute approximate surface area is 129 Å². The van der Waals surface area contributed by atoms with Crippen molar-refractivity contribution in [1.82, 2.24) is 5.32 Å². The van der Waals surface area contributed by atoms with E-state index in [4.69, 9.17) is 16.7 Å². The van der Waals surface area contributed by atoms with Gasteiger partial charge in [-0.15, -0.1) is 0 Å². The summed E-state index contributed by atoms with van der Waals surface area (Å²) < 4.78 is 0.729. The molecule has 0 spiro atoms. The van der Waals surface area contributed by atoms with Crippen LogP contribution in [0, 0.1) is 5.92 Å². The van der Waals surface area contributed by atoms with Gasteiger partial charge in [-0.2, -0.15) is 0 Å². The number of rotatable bonds is 3. The second-order valence-corrected chi connectivity index (χ2v) is 6.06. The van der Waals surface area contributed by atoms with E-state index in [1.54, 1.807) is 18.2 Å². The molecule has 1 aliphatic carbocycles. The first kappa shape index (κ1) is 15.1. The van der Waals surface area contributed by atoms with Crippen LogP contribution in [0.4, 0.5) is 10.5 Å². The predicted molar refractivity (Wildman–Crippen MR) is 80.1 cm³/mol. The lowest BCUT2D eigenvalue weighted by atomic mass is 10.1. The number of halogens is 2. The molecule has 1 saturated carbocycles. The highest BCUT2D eigenvalue weighted by atomic mass is 79.9. The summed E-state index contributed by atoms with van der Waals surface area (Å²) >= 11 is 9.19. The Kier molecular flexibility index (Phi) is 4.88. The van der Waals surface area contributed by atoms with Crippen LogP contribution in [-0.4, -0.2) is 23.1 Å². The Morgan fingerprint density at radius 1 is 1.35 bits per heavy atom. The molecule has 2 atom stereocenters. The van der Waals surface area contributed by atoms with Crippen molar-refractivity contribution in [2.24, 2.45) is 5.92 Å². The number of aliphatic carboxylic acids is 1. The summed E-state index contributed by atoms with van der Waals surface area (Å²) in [6.45, 7) is 0. The van der Waals surface area contributed by atoms with Crippen molar-refractivity contribution in [2.75, 3.05) is 5.32 Å². The normalized spacial score (nSPS) is 21.5. The number of carbonyl (C=O) groups is 2. The molecule has 0 aromatic heterocycles. The molecule has 1 aromatic carbocycles. The van der Waals surface area contributed by atoms with Gasteiger partial charge in [0.25, 0.3) is 0 Å². The molecule has 1 aromatic rings. The number of hydrogen-bond donors (Lipinski definition) is 3. The molecule has 1 fully saturated rings. The van der Waals surface area contributed by atoms with Gasteiger partial charge in [-0.25, -0.2) is 4.79 Å². The number of hydrogen-bond acceptors (Lipinski definition) is 2. The van der Waals surface area contributed by atoms with Crippen LogP contribution in [0.3, 0.4) is 0 Å². The molecule has 0 radical (unpaired) electrons. The van der Waals surface area contributed by atoms with Crippen molar-refractivity contribution in [1.29, 1.82) is 0 Å².